The minimum Gasteiger partial charge on any atom is -0.456 e. The maximum atomic E-state index is 13.4. The van der Waals surface area contributed by atoms with Crippen LogP contribution in [0.1, 0.15) is 33.1 Å². The van der Waals surface area contributed by atoms with E-state index in [1.807, 2.05) is 0 Å². The average molecular weight is 430 g/mol. The average Bonchev–Trinajstić information content (AvgIpc) is 3.23. The SMILES string of the molecule is O=C(CN1C(=O)c2cccc([N+](=O)[O-])c2C1=O)OCc1nc2ccccc2n1C(F)F. The van der Waals surface area contributed by atoms with E-state index >= 15 is 0 Å². The number of para-hydroxylation sites is 2. The van der Waals surface area contributed by atoms with Gasteiger partial charge < -0.3 is 4.74 Å². The van der Waals surface area contributed by atoms with Gasteiger partial charge in [-0.25, -0.2) is 4.98 Å². The van der Waals surface area contributed by atoms with Gasteiger partial charge in [-0.2, -0.15) is 8.78 Å². The molecule has 0 N–H and O–H groups in total. The summed E-state index contributed by atoms with van der Waals surface area (Å²) in [6.45, 7) is -4.39. The van der Waals surface area contributed by atoms with E-state index in [0.717, 1.165) is 6.07 Å². The zero-order valence-electron chi connectivity index (χ0n) is 15.5. The quantitative estimate of drug-likeness (QED) is 0.255. The Labute approximate surface area is 171 Å². The third-order valence-electron chi connectivity index (χ3n) is 4.69. The van der Waals surface area contributed by atoms with Crippen molar-refractivity contribution in [3.63, 3.8) is 0 Å². The number of ether oxygens (including phenoxy) is 1. The van der Waals surface area contributed by atoms with Gasteiger partial charge >= 0.3 is 12.5 Å². The van der Waals surface area contributed by atoms with Crippen LogP contribution in [0.15, 0.2) is 42.5 Å². The van der Waals surface area contributed by atoms with Gasteiger partial charge in [-0.1, -0.05) is 18.2 Å². The Balaban J connectivity index is 1.50. The number of rotatable bonds is 6. The zero-order valence-corrected chi connectivity index (χ0v) is 15.5. The maximum absolute atomic E-state index is 13.4. The van der Waals surface area contributed by atoms with E-state index < -0.39 is 53.7 Å². The third kappa shape index (κ3) is 3.37. The normalized spacial score (nSPS) is 13.2. The molecule has 0 spiro atoms. The lowest BCUT2D eigenvalue weighted by Gasteiger charge is -2.13. The number of nitro groups is 1. The van der Waals surface area contributed by atoms with Crippen molar-refractivity contribution in [3.8, 4) is 0 Å². The number of hydrogen-bond acceptors (Lipinski definition) is 7. The molecular formula is C19H12F2N4O6. The smallest absolute Gasteiger partial charge is 0.326 e. The number of amides is 2. The van der Waals surface area contributed by atoms with Crippen LogP contribution in [0.4, 0.5) is 14.5 Å². The summed E-state index contributed by atoms with van der Waals surface area (Å²) in [5, 5.41) is 11.1. The number of benzene rings is 2. The Morgan fingerprint density at radius 1 is 1.13 bits per heavy atom. The maximum Gasteiger partial charge on any atom is 0.326 e. The Morgan fingerprint density at radius 2 is 1.87 bits per heavy atom. The number of aromatic nitrogens is 2. The molecule has 0 unspecified atom stereocenters. The van der Waals surface area contributed by atoms with Gasteiger partial charge in [-0.15, -0.1) is 0 Å². The van der Waals surface area contributed by atoms with E-state index in [1.165, 1.54) is 24.3 Å². The fraction of sp³-hybridized carbons (Fsp3) is 0.158. The highest BCUT2D eigenvalue weighted by Crippen LogP contribution is 2.30. The Morgan fingerprint density at radius 3 is 2.58 bits per heavy atom. The summed E-state index contributed by atoms with van der Waals surface area (Å²) < 4.78 is 32.4. The van der Waals surface area contributed by atoms with Gasteiger partial charge in [-0.3, -0.25) is 34.0 Å². The topological polar surface area (TPSA) is 125 Å². The minimum atomic E-state index is -2.93. The van der Waals surface area contributed by atoms with Crippen molar-refractivity contribution in [1.29, 1.82) is 0 Å². The van der Waals surface area contributed by atoms with E-state index in [9.17, 15) is 33.3 Å². The fourth-order valence-corrected chi connectivity index (χ4v) is 3.35. The first-order valence-electron chi connectivity index (χ1n) is 8.82. The van der Waals surface area contributed by atoms with Gasteiger partial charge in [-0.05, 0) is 18.2 Å². The van der Waals surface area contributed by atoms with Crippen molar-refractivity contribution in [2.24, 2.45) is 0 Å². The number of alkyl halides is 2. The van der Waals surface area contributed by atoms with E-state index in [1.54, 1.807) is 12.1 Å². The second-order valence-electron chi connectivity index (χ2n) is 6.48. The molecule has 0 radical (unpaired) electrons. The number of carbonyl (C=O) groups excluding carboxylic acids is 3. The second kappa shape index (κ2) is 7.55. The molecule has 4 rings (SSSR count). The molecule has 0 aliphatic carbocycles. The van der Waals surface area contributed by atoms with Crippen LogP contribution < -0.4 is 0 Å². The number of halogens is 2. The Kier molecular flexibility index (Phi) is 4.89. The summed E-state index contributed by atoms with van der Waals surface area (Å²) >= 11 is 0. The molecule has 0 fully saturated rings. The van der Waals surface area contributed by atoms with Crippen molar-refractivity contribution < 1.29 is 32.8 Å². The van der Waals surface area contributed by atoms with Gasteiger partial charge in [0.05, 0.1) is 21.5 Å². The predicted octanol–water partition coefficient (Wildman–Crippen LogP) is 2.68. The first-order chi connectivity index (χ1) is 14.8. The molecule has 2 amide bonds. The lowest BCUT2D eigenvalue weighted by molar-refractivity contribution is -0.385. The molecule has 0 atom stereocenters. The molecule has 158 valence electrons. The van der Waals surface area contributed by atoms with Crippen molar-refractivity contribution >= 4 is 34.5 Å². The van der Waals surface area contributed by atoms with Crippen LogP contribution in [0.5, 0.6) is 0 Å². The van der Waals surface area contributed by atoms with Crippen LogP contribution in [0, 0.1) is 10.1 Å². The van der Waals surface area contributed by atoms with Crippen LogP contribution in [0.3, 0.4) is 0 Å². The molecule has 1 aliphatic rings. The van der Waals surface area contributed by atoms with Gasteiger partial charge in [0.15, 0.2) is 5.82 Å². The fourth-order valence-electron chi connectivity index (χ4n) is 3.35. The number of imidazole rings is 1. The summed E-state index contributed by atoms with van der Waals surface area (Å²) in [7, 11) is 0. The molecule has 1 aliphatic heterocycles. The monoisotopic (exact) mass is 430 g/mol. The molecule has 12 heteroatoms. The molecule has 2 heterocycles. The highest BCUT2D eigenvalue weighted by atomic mass is 19.3. The van der Waals surface area contributed by atoms with E-state index in [0.29, 0.717) is 9.47 Å². The molecule has 2 aromatic carbocycles. The number of nitrogens with zero attached hydrogens (tertiary/aromatic N) is 4. The standard InChI is InChI=1S/C19H12F2N4O6/c20-19(21)24-12-6-2-1-5-11(12)22-14(24)9-31-15(26)8-23-17(27)10-4-3-7-13(25(29)30)16(10)18(23)28/h1-7,19H,8-9H2. The van der Waals surface area contributed by atoms with Crippen LogP contribution in [-0.4, -0.2) is 43.7 Å². The largest absolute Gasteiger partial charge is 0.456 e. The molecule has 1 aromatic heterocycles. The number of esters is 1. The van der Waals surface area contributed by atoms with Gasteiger partial charge in [0, 0.05) is 6.07 Å². The van der Waals surface area contributed by atoms with Gasteiger partial charge in [0.2, 0.25) is 0 Å². The molecule has 0 saturated heterocycles. The second-order valence-corrected chi connectivity index (χ2v) is 6.48. The van der Waals surface area contributed by atoms with Crippen LogP contribution in [0.2, 0.25) is 0 Å². The Hall–Kier alpha value is -4.22. The lowest BCUT2D eigenvalue weighted by atomic mass is 10.1. The lowest BCUT2D eigenvalue weighted by Crippen LogP contribution is -2.35. The van der Waals surface area contributed by atoms with Crippen molar-refractivity contribution in [2.45, 2.75) is 13.2 Å². The minimum absolute atomic E-state index is 0.149. The summed E-state index contributed by atoms with van der Waals surface area (Å²) in [6.07, 6.45) is 0. The summed E-state index contributed by atoms with van der Waals surface area (Å²) in [5.41, 5.74) is -0.744. The van der Waals surface area contributed by atoms with Crippen molar-refractivity contribution in [3.05, 3.63) is 69.5 Å². The molecule has 0 saturated carbocycles. The summed E-state index contributed by atoms with van der Waals surface area (Å²) in [5.74, 6) is -3.18. The highest BCUT2D eigenvalue weighted by molar-refractivity contribution is 6.24. The first kappa shape index (κ1) is 20.1. The van der Waals surface area contributed by atoms with Crippen molar-refractivity contribution in [2.75, 3.05) is 6.54 Å². The van der Waals surface area contributed by atoms with Crippen molar-refractivity contribution in [1.82, 2.24) is 14.5 Å². The van der Waals surface area contributed by atoms with Gasteiger partial charge in [0.25, 0.3) is 17.5 Å². The molecule has 3 aromatic rings. The molecule has 0 bridgehead atoms. The molecular weight excluding hydrogens is 418 g/mol. The summed E-state index contributed by atoms with van der Waals surface area (Å²) in [4.78, 5) is 51.9. The number of nitro benzene ring substituents is 1. The summed E-state index contributed by atoms with van der Waals surface area (Å²) in [6, 6.07) is 9.68. The van der Waals surface area contributed by atoms with Crippen LogP contribution >= 0.6 is 0 Å². The van der Waals surface area contributed by atoms with Gasteiger partial charge in [0.1, 0.15) is 18.7 Å². The van der Waals surface area contributed by atoms with Crippen LogP contribution in [0.25, 0.3) is 11.0 Å². The molecule has 31 heavy (non-hydrogen) atoms. The first-order valence-corrected chi connectivity index (χ1v) is 8.82. The van der Waals surface area contributed by atoms with E-state index in [-0.39, 0.29) is 22.4 Å². The molecule has 10 nitrogen and oxygen atoms in total. The number of fused-ring (bicyclic) bond motifs is 2. The third-order valence-corrected chi connectivity index (χ3v) is 4.69. The number of hydrogen-bond donors (Lipinski definition) is 0. The Bertz CT molecular complexity index is 1260. The number of carbonyl (C=O) groups is 3. The highest BCUT2D eigenvalue weighted by Gasteiger charge is 2.42. The van der Waals surface area contributed by atoms with E-state index in [2.05, 4.69) is 4.98 Å². The number of imide groups is 1. The van der Waals surface area contributed by atoms with E-state index in [4.69, 9.17) is 4.74 Å². The predicted molar refractivity (Wildman–Crippen MR) is 99.2 cm³/mol. The zero-order chi connectivity index (χ0) is 22.3. The van der Waals surface area contributed by atoms with Crippen LogP contribution in [-0.2, 0) is 16.1 Å².